The van der Waals surface area contributed by atoms with Crippen LogP contribution in [-0.4, -0.2) is 47.3 Å². The molecule has 1 heterocycles. The van der Waals surface area contributed by atoms with Gasteiger partial charge >= 0.3 is 0 Å². The second-order valence-electron chi connectivity index (χ2n) is 8.50. The van der Waals surface area contributed by atoms with E-state index in [2.05, 4.69) is 34.7 Å². The normalized spacial score (nSPS) is 15.1. The maximum absolute atomic E-state index is 10.1. The Hall–Kier alpha value is -0.600. The number of hydrogen-bond acceptors (Lipinski definition) is 5. The number of benzene rings is 1. The van der Waals surface area contributed by atoms with Gasteiger partial charge in [-0.05, 0) is 94.2 Å². The van der Waals surface area contributed by atoms with E-state index in [4.69, 9.17) is 0 Å². The van der Waals surface area contributed by atoms with Gasteiger partial charge in [-0.15, -0.1) is 45.3 Å². The fourth-order valence-electron chi connectivity index (χ4n) is 4.59. The van der Waals surface area contributed by atoms with Crippen LogP contribution in [0.1, 0.15) is 61.5 Å². The summed E-state index contributed by atoms with van der Waals surface area (Å²) in [4.78, 5) is 4.13. The summed E-state index contributed by atoms with van der Waals surface area (Å²) < 4.78 is 0. The molecule has 0 saturated heterocycles. The van der Waals surface area contributed by atoms with Crippen molar-refractivity contribution in [2.24, 2.45) is 0 Å². The SMILES string of the molecule is Br.Br.CCCN(CCCCCCNCCc1cccs1)C1CCc2c(ccc(O)c2O)C1. The highest BCUT2D eigenvalue weighted by Gasteiger charge is 2.26. The minimum Gasteiger partial charge on any atom is -0.504 e. The van der Waals surface area contributed by atoms with Gasteiger partial charge in [0.1, 0.15) is 0 Å². The molecule has 0 saturated carbocycles. The lowest BCUT2D eigenvalue weighted by molar-refractivity contribution is 0.175. The monoisotopic (exact) mass is 590 g/mol. The predicted molar refractivity (Wildman–Crippen MR) is 147 cm³/mol. The van der Waals surface area contributed by atoms with Gasteiger partial charge in [0.25, 0.3) is 0 Å². The second kappa shape index (κ2) is 16.1. The third-order valence-electron chi connectivity index (χ3n) is 6.25. The summed E-state index contributed by atoms with van der Waals surface area (Å²) in [5.74, 6) is 0.107. The molecule has 1 unspecified atom stereocenters. The maximum Gasteiger partial charge on any atom is 0.160 e. The summed E-state index contributed by atoms with van der Waals surface area (Å²) >= 11 is 1.85. The highest BCUT2D eigenvalue weighted by Crippen LogP contribution is 2.36. The molecule has 1 aromatic carbocycles. The molecule has 32 heavy (non-hydrogen) atoms. The quantitative estimate of drug-likeness (QED) is 0.190. The van der Waals surface area contributed by atoms with E-state index in [9.17, 15) is 10.2 Å². The molecule has 0 radical (unpaired) electrons. The van der Waals surface area contributed by atoms with E-state index in [0.717, 1.165) is 50.9 Å². The molecule has 0 fully saturated rings. The van der Waals surface area contributed by atoms with Gasteiger partial charge in [-0.3, -0.25) is 0 Å². The Morgan fingerprint density at radius 1 is 1.03 bits per heavy atom. The van der Waals surface area contributed by atoms with Crippen molar-refractivity contribution < 1.29 is 10.2 Å². The van der Waals surface area contributed by atoms with Crippen LogP contribution in [0, 0.1) is 0 Å². The molecule has 3 N–H and O–H groups in total. The number of halogens is 2. The highest BCUT2D eigenvalue weighted by molar-refractivity contribution is 8.93. The summed E-state index contributed by atoms with van der Waals surface area (Å²) in [6.45, 7) is 6.79. The van der Waals surface area contributed by atoms with Crippen molar-refractivity contribution in [2.45, 2.75) is 70.8 Å². The number of hydrogen-bond donors (Lipinski definition) is 3. The van der Waals surface area contributed by atoms with E-state index in [-0.39, 0.29) is 45.5 Å². The molecule has 1 aromatic heterocycles. The zero-order valence-electron chi connectivity index (χ0n) is 19.2. The van der Waals surface area contributed by atoms with Crippen LogP contribution in [-0.2, 0) is 19.3 Å². The van der Waals surface area contributed by atoms with Crippen molar-refractivity contribution in [1.82, 2.24) is 10.2 Å². The molecular formula is C25H40Br2N2O2S. The van der Waals surface area contributed by atoms with Crippen LogP contribution in [0.15, 0.2) is 29.6 Å². The Balaban J connectivity index is 0.00000256. The summed E-state index contributed by atoms with van der Waals surface area (Å²) in [6.07, 6.45) is 10.4. The second-order valence-corrected chi connectivity index (χ2v) is 9.53. The van der Waals surface area contributed by atoms with Gasteiger partial charge in [0.05, 0.1) is 0 Å². The topological polar surface area (TPSA) is 55.7 Å². The molecule has 3 rings (SSSR count). The molecule has 7 heteroatoms. The van der Waals surface area contributed by atoms with E-state index >= 15 is 0 Å². The predicted octanol–water partition coefficient (Wildman–Crippen LogP) is 6.28. The molecule has 1 aliphatic carbocycles. The lowest BCUT2D eigenvalue weighted by Gasteiger charge is -2.35. The molecular weight excluding hydrogens is 552 g/mol. The molecule has 0 spiro atoms. The van der Waals surface area contributed by atoms with Gasteiger partial charge in [-0.25, -0.2) is 0 Å². The summed E-state index contributed by atoms with van der Waals surface area (Å²) in [5.41, 5.74) is 2.16. The molecule has 182 valence electrons. The van der Waals surface area contributed by atoms with Crippen molar-refractivity contribution in [3.8, 4) is 11.5 Å². The van der Waals surface area contributed by atoms with E-state index in [1.807, 2.05) is 17.4 Å². The van der Waals surface area contributed by atoms with Gasteiger partial charge in [0, 0.05) is 16.5 Å². The first-order valence-electron chi connectivity index (χ1n) is 11.7. The van der Waals surface area contributed by atoms with Gasteiger partial charge in [-0.2, -0.15) is 0 Å². The number of phenols is 2. The molecule has 2 aromatic rings. The Morgan fingerprint density at radius 2 is 1.84 bits per heavy atom. The minimum absolute atomic E-state index is 0. The van der Waals surface area contributed by atoms with Crippen LogP contribution >= 0.6 is 45.3 Å². The largest absolute Gasteiger partial charge is 0.504 e. The fraction of sp³-hybridized carbons (Fsp3) is 0.600. The maximum atomic E-state index is 10.1. The number of nitrogens with one attached hydrogen (secondary N) is 1. The fourth-order valence-corrected chi connectivity index (χ4v) is 5.30. The zero-order valence-corrected chi connectivity index (χ0v) is 23.5. The lowest BCUT2D eigenvalue weighted by atomic mass is 9.86. The first-order valence-corrected chi connectivity index (χ1v) is 12.6. The van der Waals surface area contributed by atoms with Gasteiger partial charge < -0.3 is 20.4 Å². The molecule has 0 amide bonds. The number of phenolic OH excluding ortho intramolecular Hbond substituents is 2. The van der Waals surface area contributed by atoms with Crippen molar-refractivity contribution in [3.63, 3.8) is 0 Å². The number of unbranched alkanes of at least 4 members (excludes halogenated alkanes) is 3. The van der Waals surface area contributed by atoms with Crippen LogP contribution < -0.4 is 5.32 Å². The number of thiophene rings is 1. The Kier molecular flexibility index (Phi) is 14.8. The van der Waals surface area contributed by atoms with Crippen molar-refractivity contribution >= 4 is 45.3 Å². The smallest absolute Gasteiger partial charge is 0.160 e. The average Bonchev–Trinajstić information content (AvgIpc) is 3.28. The van der Waals surface area contributed by atoms with Gasteiger partial charge in [-0.1, -0.05) is 31.9 Å². The van der Waals surface area contributed by atoms with Crippen LogP contribution in [0.4, 0.5) is 0 Å². The van der Waals surface area contributed by atoms with Crippen LogP contribution in [0.3, 0.4) is 0 Å². The van der Waals surface area contributed by atoms with E-state index in [0.29, 0.717) is 6.04 Å². The molecule has 1 aliphatic rings. The number of nitrogens with zero attached hydrogens (tertiary/aromatic N) is 1. The Labute approximate surface area is 219 Å². The van der Waals surface area contributed by atoms with E-state index in [1.54, 1.807) is 6.07 Å². The van der Waals surface area contributed by atoms with Crippen molar-refractivity contribution in [3.05, 3.63) is 45.6 Å². The average molecular weight is 592 g/mol. The summed E-state index contributed by atoms with van der Waals surface area (Å²) in [6, 6.07) is 8.52. The number of rotatable bonds is 13. The van der Waals surface area contributed by atoms with Crippen LogP contribution in [0.25, 0.3) is 0 Å². The summed E-state index contributed by atoms with van der Waals surface area (Å²) in [7, 11) is 0. The molecule has 4 nitrogen and oxygen atoms in total. The van der Waals surface area contributed by atoms with Crippen molar-refractivity contribution in [2.75, 3.05) is 26.2 Å². The number of fused-ring (bicyclic) bond motifs is 1. The molecule has 0 aliphatic heterocycles. The third-order valence-corrected chi connectivity index (χ3v) is 7.18. The van der Waals surface area contributed by atoms with E-state index < -0.39 is 0 Å². The third kappa shape index (κ3) is 8.98. The molecule has 1 atom stereocenters. The minimum atomic E-state index is 0. The molecule has 0 bridgehead atoms. The van der Waals surface area contributed by atoms with E-state index in [1.165, 1.54) is 49.1 Å². The first kappa shape index (κ1) is 29.4. The lowest BCUT2D eigenvalue weighted by Crippen LogP contribution is -2.40. The van der Waals surface area contributed by atoms with Crippen LogP contribution in [0.2, 0.25) is 0 Å². The number of aromatic hydroxyl groups is 2. The van der Waals surface area contributed by atoms with Gasteiger partial charge in [0.2, 0.25) is 0 Å². The Morgan fingerprint density at radius 3 is 2.59 bits per heavy atom. The standard InChI is InChI=1S/C25H38N2O2S.2BrH/c1-2-16-27(21-10-11-23-20(19-21)9-12-24(28)25(23)29)17-6-4-3-5-14-26-15-13-22-8-7-18-30-22;;/h7-9,12,18,21,26,28-29H,2-6,10-11,13-17,19H2,1H3;2*1H. The van der Waals surface area contributed by atoms with Gasteiger partial charge in [0.15, 0.2) is 11.5 Å². The van der Waals surface area contributed by atoms with Crippen molar-refractivity contribution in [1.29, 1.82) is 0 Å². The summed E-state index contributed by atoms with van der Waals surface area (Å²) in [5, 5.41) is 25.6. The Bertz CT molecular complexity index is 759. The first-order chi connectivity index (χ1) is 14.7. The van der Waals surface area contributed by atoms with Crippen LogP contribution in [0.5, 0.6) is 11.5 Å². The zero-order chi connectivity index (χ0) is 21.2. The highest BCUT2D eigenvalue weighted by atomic mass is 79.9.